The van der Waals surface area contributed by atoms with E-state index in [4.69, 9.17) is 0 Å². The lowest BCUT2D eigenvalue weighted by Gasteiger charge is -2.21. The predicted octanol–water partition coefficient (Wildman–Crippen LogP) is 1.55. The molecule has 0 aromatic carbocycles. The molecule has 0 bridgehead atoms. The molecule has 0 aromatic heterocycles. The fraction of sp³-hybridized carbons (Fsp3) is 0.625. The molecule has 1 rings (SSSR count). The second-order valence-electron chi connectivity index (χ2n) is 2.98. The normalized spacial score (nSPS) is 24.4. The summed E-state index contributed by atoms with van der Waals surface area (Å²) in [6.45, 7) is 6.38. The van der Waals surface area contributed by atoms with Crippen molar-refractivity contribution in [3.63, 3.8) is 0 Å². The molecular weight excluding hydrogens is 124 g/mol. The van der Waals surface area contributed by atoms with Gasteiger partial charge in [0.1, 0.15) is 6.17 Å². The van der Waals surface area contributed by atoms with Crippen LogP contribution in [0.2, 0.25) is 0 Å². The van der Waals surface area contributed by atoms with Gasteiger partial charge < -0.3 is 5.32 Å². The van der Waals surface area contributed by atoms with Crippen molar-refractivity contribution in [2.45, 2.75) is 26.9 Å². The second kappa shape index (κ2) is 2.86. The van der Waals surface area contributed by atoms with Gasteiger partial charge in [0.25, 0.3) is 0 Å². The quantitative estimate of drug-likeness (QED) is 0.584. The van der Waals surface area contributed by atoms with Crippen LogP contribution in [0.15, 0.2) is 16.8 Å². The molecule has 1 aliphatic heterocycles. The zero-order chi connectivity index (χ0) is 7.56. The Morgan fingerprint density at radius 1 is 1.60 bits per heavy atom. The maximum absolute atomic E-state index is 4.27. The topological polar surface area (TPSA) is 24.4 Å². The van der Waals surface area contributed by atoms with Crippen LogP contribution in [0.4, 0.5) is 0 Å². The first-order valence-corrected chi connectivity index (χ1v) is 3.67. The summed E-state index contributed by atoms with van der Waals surface area (Å²) >= 11 is 0. The van der Waals surface area contributed by atoms with Crippen LogP contribution in [0, 0.1) is 5.92 Å². The highest BCUT2D eigenvalue weighted by molar-refractivity contribution is 5.73. The van der Waals surface area contributed by atoms with E-state index in [0.717, 1.165) is 0 Å². The standard InChI is InChI=1S/C8H14N2/c1-6(2)8-9-5-4-7(3)10-8/h4-6,8,10H,1-3H3. The molecule has 0 radical (unpaired) electrons. The van der Waals surface area contributed by atoms with Gasteiger partial charge >= 0.3 is 0 Å². The minimum absolute atomic E-state index is 0.282. The Bertz CT molecular complexity index is 168. The molecule has 1 heterocycles. The molecule has 0 fully saturated rings. The van der Waals surface area contributed by atoms with E-state index in [1.165, 1.54) is 5.70 Å². The molecule has 0 saturated carbocycles. The van der Waals surface area contributed by atoms with Gasteiger partial charge in [-0.3, -0.25) is 4.99 Å². The minimum atomic E-state index is 0.282. The molecule has 1 unspecified atom stereocenters. The van der Waals surface area contributed by atoms with Crippen LogP contribution in [-0.4, -0.2) is 12.4 Å². The molecule has 0 spiro atoms. The number of rotatable bonds is 1. The number of hydrogen-bond donors (Lipinski definition) is 1. The number of nitrogens with one attached hydrogen (secondary N) is 1. The van der Waals surface area contributed by atoms with Gasteiger partial charge in [0, 0.05) is 11.9 Å². The van der Waals surface area contributed by atoms with Gasteiger partial charge in [-0.25, -0.2) is 0 Å². The fourth-order valence-corrected chi connectivity index (χ4v) is 0.905. The largest absolute Gasteiger partial charge is 0.367 e. The molecule has 2 heteroatoms. The first-order chi connectivity index (χ1) is 4.70. The first kappa shape index (κ1) is 7.32. The highest BCUT2D eigenvalue weighted by atomic mass is 15.1. The molecule has 2 nitrogen and oxygen atoms in total. The van der Waals surface area contributed by atoms with Crippen LogP contribution < -0.4 is 5.32 Å². The number of hydrogen-bond acceptors (Lipinski definition) is 2. The molecule has 0 amide bonds. The van der Waals surface area contributed by atoms with Crippen LogP contribution in [0.25, 0.3) is 0 Å². The highest BCUT2D eigenvalue weighted by Gasteiger charge is 2.11. The summed E-state index contributed by atoms with van der Waals surface area (Å²) in [5, 5.41) is 3.28. The monoisotopic (exact) mass is 138 g/mol. The van der Waals surface area contributed by atoms with Crippen LogP contribution >= 0.6 is 0 Å². The van der Waals surface area contributed by atoms with Crippen LogP contribution in [-0.2, 0) is 0 Å². The van der Waals surface area contributed by atoms with Gasteiger partial charge in [-0.15, -0.1) is 0 Å². The van der Waals surface area contributed by atoms with Crippen molar-refractivity contribution in [3.8, 4) is 0 Å². The molecular formula is C8H14N2. The molecule has 0 saturated heterocycles. The van der Waals surface area contributed by atoms with E-state index in [1.807, 2.05) is 12.3 Å². The van der Waals surface area contributed by atoms with Crippen molar-refractivity contribution in [2.24, 2.45) is 10.9 Å². The Balaban J connectivity index is 2.55. The van der Waals surface area contributed by atoms with Crippen LogP contribution in [0.1, 0.15) is 20.8 Å². The van der Waals surface area contributed by atoms with Crippen molar-refractivity contribution < 1.29 is 0 Å². The van der Waals surface area contributed by atoms with Gasteiger partial charge in [-0.1, -0.05) is 13.8 Å². The Morgan fingerprint density at radius 2 is 2.30 bits per heavy atom. The Hall–Kier alpha value is -0.790. The Labute approximate surface area is 62.0 Å². The summed E-state index contributed by atoms with van der Waals surface area (Å²) < 4.78 is 0. The summed E-state index contributed by atoms with van der Waals surface area (Å²) in [6.07, 6.45) is 4.14. The average molecular weight is 138 g/mol. The summed E-state index contributed by atoms with van der Waals surface area (Å²) in [7, 11) is 0. The van der Waals surface area contributed by atoms with Crippen molar-refractivity contribution >= 4 is 6.21 Å². The average Bonchev–Trinajstić information content (AvgIpc) is 1.88. The van der Waals surface area contributed by atoms with Crippen molar-refractivity contribution in [2.75, 3.05) is 0 Å². The minimum Gasteiger partial charge on any atom is -0.367 e. The zero-order valence-electron chi connectivity index (χ0n) is 6.76. The van der Waals surface area contributed by atoms with Crippen molar-refractivity contribution in [1.82, 2.24) is 5.32 Å². The van der Waals surface area contributed by atoms with Gasteiger partial charge in [-0.05, 0) is 18.9 Å². The summed E-state index contributed by atoms with van der Waals surface area (Å²) in [5.74, 6) is 0.569. The van der Waals surface area contributed by atoms with Gasteiger partial charge in [-0.2, -0.15) is 0 Å². The number of nitrogens with zero attached hydrogens (tertiary/aromatic N) is 1. The fourth-order valence-electron chi connectivity index (χ4n) is 0.905. The molecule has 10 heavy (non-hydrogen) atoms. The van der Waals surface area contributed by atoms with Crippen molar-refractivity contribution in [1.29, 1.82) is 0 Å². The van der Waals surface area contributed by atoms with Crippen molar-refractivity contribution in [3.05, 3.63) is 11.8 Å². The van der Waals surface area contributed by atoms with E-state index in [-0.39, 0.29) is 6.17 Å². The van der Waals surface area contributed by atoms with E-state index in [2.05, 4.69) is 31.1 Å². The van der Waals surface area contributed by atoms with E-state index in [1.54, 1.807) is 0 Å². The van der Waals surface area contributed by atoms with Crippen LogP contribution in [0.3, 0.4) is 0 Å². The SMILES string of the molecule is CC1=CC=NC(C(C)C)N1. The third-order valence-corrected chi connectivity index (χ3v) is 1.58. The molecule has 1 atom stereocenters. The predicted molar refractivity (Wildman–Crippen MR) is 44.0 cm³/mol. The summed E-state index contributed by atoms with van der Waals surface area (Å²) in [4.78, 5) is 4.27. The lowest BCUT2D eigenvalue weighted by Crippen LogP contribution is -2.32. The number of aliphatic imine (C=N–C) groups is 1. The van der Waals surface area contributed by atoms with E-state index in [9.17, 15) is 0 Å². The molecule has 1 N–H and O–H groups in total. The molecule has 0 aromatic rings. The van der Waals surface area contributed by atoms with Gasteiger partial charge in [0.05, 0.1) is 0 Å². The molecule has 1 aliphatic rings. The van der Waals surface area contributed by atoms with E-state index >= 15 is 0 Å². The lowest BCUT2D eigenvalue weighted by molar-refractivity contribution is 0.443. The molecule has 56 valence electrons. The Kier molecular flexibility index (Phi) is 2.10. The molecule has 0 aliphatic carbocycles. The van der Waals surface area contributed by atoms with Crippen LogP contribution in [0.5, 0.6) is 0 Å². The zero-order valence-corrected chi connectivity index (χ0v) is 6.76. The number of allylic oxidation sites excluding steroid dienone is 2. The van der Waals surface area contributed by atoms with E-state index in [0.29, 0.717) is 5.92 Å². The smallest absolute Gasteiger partial charge is 0.120 e. The van der Waals surface area contributed by atoms with E-state index < -0.39 is 0 Å². The highest BCUT2D eigenvalue weighted by Crippen LogP contribution is 2.07. The van der Waals surface area contributed by atoms with Gasteiger partial charge in [0.15, 0.2) is 0 Å². The summed E-state index contributed by atoms with van der Waals surface area (Å²) in [6, 6.07) is 0. The van der Waals surface area contributed by atoms with Gasteiger partial charge in [0.2, 0.25) is 0 Å². The maximum atomic E-state index is 4.27. The third-order valence-electron chi connectivity index (χ3n) is 1.58. The summed E-state index contributed by atoms with van der Waals surface area (Å²) in [5.41, 5.74) is 1.20. The third kappa shape index (κ3) is 1.59. The maximum Gasteiger partial charge on any atom is 0.120 e. The first-order valence-electron chi connectivity index (χ1n) is 3.67. The Morgan fingerprint density at radius 3 is 2.70 bits per heavy atom. The lowest BCUT2D eigenvalue weighted by atomic mass is 10.1. The second-order valence-corrected chi connectivity index (χ2v) is 2.98.